The molecule has 0 aromatic carbocycles. The highest BCUT2D eigenvalue weighted by Crippen LogP contribution is 2.23. The molecule has 1 saturated heterocycles. The molecule has 2 rings (SSSR count). The predicted molar refractivity (Wildman–Crippen MR) is 45.6 cm³/mol. The molecule has 0 radical (unpaired) electrons. The number of pyridine rings is 1. The summed E-state index contributed by atoms with van der Waals surface area (Å²) in [6.07, 6.45) is 3.10. The van der Waals surface area contributed by atoms with E-state index in [0.29, 0.717) is 5.92 Å². The van der Waals surface area contributed by atoms with Crippen LogP contribution in [-0.4, -0.2) is 23.2 Å². The van der Waals surface area contributed by atoms with E-state index in [-0.39, 0.29) is 6.10 Å². The maximum absolute atomic E-state index is 9.77. The minimum absolute atomic E-state index is 0.325. The molecular formula is C9H12N2O. The summed E-state index contributed by atoms with van der Waals surface area (Å²) in [7, 11) is 0. The zero-order valence-electron chi connectivity index (χ0n) is 6.77. The average Bonchev–Trinajstić information content (AvgIpc) is 2.03. The van der Waals surface area contributed by atoms with Crippen molar-refractivity contribution in [1.29, 1.82) is 0 Å². The van der Waals surface area contributed by atoms with Gasteiger partial charge in [-0.2, -0.15) is 0 Å². The van der Waals surface area contributed by atoms with Gasteiger partial charge in [0.05, 0.1) is 6.10 Å². The second-order valence-electron chi connectivity index (χ2n) is 3.14. The first-order valence-corrected chi connectivity index (χ1v) is 4.16. The molecule has 1 unspecified atom stereocenters. The Morgan fingerprint density at radius 3 is 2.58 bits per heavy atom. The van der Waals surface area contributed by atoms with Crippen LogP contribution < -0.4 is 5.32 Å². The van der Waals surface area contributed by atoms with Gasteiger partial charge in [0.2, 0.25) is 0 Å². The number of nitrogens with one attached hydrogen (secondary N) is 1. The summed E-state index contributed by atoms with van der Waals surface area (Å²) in [5, 5.41) is 12.9. The van der Waals surface area contributed by atoms with Crippen LogP contribution in [0.15, 0.2) is 24.5 Å². The van der Waals surface area contributed by atoms with Crippen LogP contribution >= 0.6 is 0 Å². The average molecular weight is 164 g/mol. The fourth-order valence-electron chi connectivity index (χ4n) is 1.37. The minimum Gasteiger partial charge on any atom is -0.388 e. The van der Waals surface area contributed by atoms with Gasteiger partial charge in [0.15, 0.2) is 0 Å². The van der Waals surface area contributed by atoms with Crippen molar-refractivity contribution in [3.63, 3.8) is 0 Å². The van der Waals surface area contributed by atoms with Crippen molar-refractivity contribution in [3.8, 4) is 0 Å². The number of hydrogen-bond acceptors (Lipinski definition) is 3. The number of aliphatic hydroxyl groups excluding tert-OH is 1. The van der Waals surface area contributed by atoms with Gasteiger partial charge in [-0.3, -0.25) is 4.98 Å². The molecule has 0 amide bonds. The Morgan fingerprint density at radius 2 is 2.08 bits per heavy atom. The van der Waals surface area contributed by atoms with Crippen molar-refractivity contribution < 1.29 is 5.11 Å². The molecule has 2 N–H and O–H groups in total. The van der Waals surface area contributed by atoms with Crippen LogP contribution in [0, 0.1) is 5.92 Å². The van der Waals surface area contributed by atoms with E-state index in [2.05, 4.69) is 10.3 Å². The van der Waals surface area contributed by atoms with E-state index in [0.717, 1.165) is 18.7 Å². The van der Waals surface area contributed by atoms with Gasteiger partial charge in [-0.15, -0.1) is 0 Å². The topological polar surface area (TPSA) is 45.2 Å². The van der Waals surface area contributed by atoms with Gasteiger partial charge in [-0.25, -0.2) is 0 Å². The van der Waals surface area contributed by atoms with Gasteiger partial charge in [0.1, 0.15) is 0 Å². The van der Waals surface area contributed by atoms with Crippen LogP contribution in [0.25, 0.3) is 0 Å². The Kier molecular flexibility index (Phi) is 2.06. The summed E-state index contributed by atoms with van der Waals surface area (Å²) in [6, 6.07) is 3.73. The van der Waals surface area contributed by atoms with E-state index in [1.807, 2.05) is 12.1 Å². The molecule has 1 fully saturated rings. The summed E-state index contributed by atoms with van der Waals surface area (Å²) in [5.74, 6) is 0.382. The molecule has 3 heteroatoms. The van der Waals surface area contributed by atoms with Crippen LogP contribution in [0.1, 0.15) is 11.7 Å². The summed E-state index contributed by atoms with van der Waals surface area (Å²) < 4.78 is 0. The normalized spacial score (nSPS) is 20.1. The molecule has 0 bridgehead atoms. The minimum atomic E-state index is -0.325. The Balaban J connectivity index is 2.08. The first kappa shape index (κ1) is 7.71. The fourth-order valence-corrected chi connectivity index (χ4v) is 1.37. The largest absolute Gasteiger partial charge is 0.388 e. The number of aliphatic hydroxyl groups is 1. The molecule has 1 atom stereocenters. The third-order valence-electron chi connectivity index (χ3n) is 2.31. The van der Waals surface area contributed by atoms with Crippen LogP contribution in [-0.2, 0) is 0 Å². The smallest absolute Gasteiger partial charge is 0.0843 e. The zero-order chi connectivity index (χ0) is 8.39. The maximum Gasteiger partial charge on any atom is 0.0843 e. The Bertz CT molecular complexity index is 246. The van der Waals surface area contributed by atoms with Gasteiger partial charge >= 0.3 is 0 Å². The van der Waals surface area contributed by atoms with E-state index in [4.69, 9.17) is 0 Å². The molecule has 2 heterocycles. The number of aromatic nitrogens is 1. The van der Waals surface area contributed by atoms with Crippen LogP contribution in [0.5, 0.6) is 0 Å². The predicted octanol–water partition coefficient (Wildman–Crippen LogP) is 0.334. The van der Waals surface area contributed by atoms with Crippen molar-refractivity contribution in [1.82, 2.24) is 10.3 Å². The van der Waals surface area contributed by atoms with Gasteiger partial charge in [-0.05, 0) is 17.7 Å². The summed E-state index contributed by atoms with van der Waals surface area (Å²) in [4.78, 5) is 3.90. The number of rotatable bonds is 2. The molecule has 1 aromatic heterocycles. The molecule has 0 aliphatic carbocycles. The molecule has 1 aliphatic rings. The van der Waals surface area contributed by atoms with Gasteiger partial charge < -0.3 is 10.4 Å². The SMILES string of the molecule is OC(c1ccncc1)C1CNC1. The molecule has 1 aliphatic heterocycles. The number of nitrogens with zero attached hydrogens (tertiary/aromatic N) is 1. The van der Waals surface area contributed by atoms with Crippen molar-refractivity contribution in [2.75, 3.05) is 13.1 Å². The Morgan fingerprint density at radius 1 is 1.42 bits per heavy atom. The van der Waals surface area contributed by atoms with Crippen LogP contribution in [0.2, 0.25) is 0 Å². The first-order valence-electron chi connectivity index (χ1n) is 4.16. The third kappa shape index (κ3) is 1.33. The highest BCUT2D eigenvalue weighted by Gasteiger charge is 2.25. The second-order valence-corrected chi connectivity index (χ2v) is 3.14. The molecule has 12 heavy (non-hydrogen) atoms. The molecule has 64 valence electrons. The lowest BCUT2D eigenvalue weighted by Gasteiger charge is -2.31. The first-order chi connectivity index (χ1) is 5.88. The third-order valence-corrected chi connectivity index (χ3v) is 2.31. The van der Waals surface area contributed by atoms with E-state index >= 15 is 0 Å². The lowest BCUT2D eigenvalue weighted by Crippen LogP contribution is -2.45. The van der Waals surface area contributed by atoms with Crippen LogP contribution in [0.3, 0.4) is 0 Å². The van der Waals surface area contributed by atoms with Crippen molar-refractivity contribution in [3.05, 3.63) is 30.1 Å². The second kappa shape index (κ2) is 3.21. The highest BCUT2D eigenvalue weighted by atomic mass is 16.3. The molecule has 0 saturated carbocycles. The van der Waals surface area contributed by atoms with E-state index < -0.39 is 0 Å². The Hall–Kier alpha value is -0.930. The van der Waals surface area contributed by atoms with Gasteiger partial charge in [0.25, 0.3) is 0 Å². The van der Waals surface area contributed by atoms with Crippen molar-refractivity contribution in [2.24, 2.45) is 5.92 Å². The Labute approximate surface area is 71.4 Å². The van der Waals surface area contributed by atoms with Crippen molar-refractivity contribution in [2.45, 2.75) is 6.10 Å². The lowest BCUT2D eigenvalue weighted by atomic mass is 9.92. The van der Waals surface area contributed by atoms with E-state index in [1.54, 1.807) is 12.4 Å². The van der Waals surface area contributed by atoms with Crippen LogP contribution in [0.4, 0.5) is 0 Å². The summed E-state index contributed by atoms with van der Waals surface area (Å²) in [6.45, 7) is 1.84. The monoisotopic (exact) mass is 164 g/mol. The van der Waals surface area contributed by atoms with Gasteiger partial charge in [0, 0.05) is 31.4 Å². The quantitative estimate of drug-likeness (QED) is 0.662. The zero-order valence-corrected chi connectivity index (χ0v) is 6.77. The van der Waals surface area contributed by atoms with Gasteiger partial charge in [-0.1, -0.05) is 0 Å². The summed E-state index contributed by atoms with van der Waals surface area (Å²) >= 11 is 0. The van der Waals surface area contributed by atoms with E-state index in [9.17, 15) is 5.11 Å². The molecule has 0 spiro atoms. The fraction of sp³-hybridized carbons (Fsp3) is 0.444. The summed E-state index contributed by atoms with van der Waals surface area (Å²) in [5.41, 5.74) is 0.969. The standard InChI is InChI=1S/C9H12N2O/c12-9(8-5-11-6-8)7-1-3-10-4-2-7/h1-4,8-9,11-12H,5-6H2. The number of hydrogen-bond donors (Lipinski definition) is 2. The molecular weight excluding hydrogens is 152 g/mol. The molecule has 3 nitrogen and oxygen atoms in total. The molecule has 1 aromatic rings. The highest BCUT2D eigenvalue weighted by molar-refractivity contribution is 5.15. The lowest BCUT2D eigenvalue weighted by molar-refractivity contribution is 0.0766. The van der Waals surface area contributed by atoms with Crippen molar-refractivity contribution >= 4 is 0 Å². The van der Waals surface area contributed by atoms with E-state index in [1.165, 1.54) is 0 Å². The maximum atomic E-state index is 9.77.